The number of hydrogen-bond donors (Lipinski definition) is 2. The first-order valence-electron chi connectivity index (χ1n) is 9.13. The second-order valence-corrected chi connectivity index (χ2v) is 7.32. The number of nitrogens with one attached hydrogen (secondary N) is 1. The van der Waals surface area contributed by atoms with E-state index in [1.165, 1.54) is 25.8 Å². The van der Waals surface area contributed by atoms with Crippen molar-refractivity contribution >= 4 is 0 Å². The molecule has 1 rings (SSSR count). The van der Waals surface area contributed by atoms with Gasteiger partial charge < -0.3 is 10.4 Å². The van der Waals surface area contributed by atoms with Gasteiger partial charge in [0.25, 0.3) is 0 Å². The van der Waals surface area contributed by atoms with Crippen molar-refractivity contribution in [2.45, 2.75) is 90.8 Å². The van der Waals surface area contributed by atoms with Crippen LogP contribution in [-0.4, -0.2) is 47.3 Å². The van der Waals surface area contributed by atoms with Gasteiger partial charge in [0.05, 0.1) is 6.61 Å². The van der Waals surface area contributed by atoms with E-state index in [9.17, 15) is 5.11 Å². The minimum atomic E-state index is -0.0259. The summed E-state index contributed by atoms with van der Waals surface area (Å²) in [5, 5.41) is 13.5. The molecule has 1 fully saturated rings. The highest BCUT2D eigenvalue weighted by atomic mass is 16.3. The molecule has 126 valence electrons. The Bertz CT molecular complexity index is 278. The largest absolute Gasteiger partial charge is 0.394 e. The maximum Gasteiger partial charge on any atom is 0.0613 e. The molecule has 2 unspecified atom stereocenters. The van der Waals surface area contributed by atoms with Crippen molar-refractivity contribution in [3.8, 4) is 0 Å². The van der Waals surface area contributed by atoms with Crippen molar-refractivity contribution in [3.63, 3.8) is 0 Å². The van der Waals surface area contributed by atoms with Gasteiger partial charge in [-0.3, -0.25) is 4.90 Å². The van der Waals surface area contributed by atoms with Gasteiger partial charge in [-0.1, -0.05) is 34.6 Å². The summed E-state index contributed by atoms with van der Waals surface area (Å²) < 4.78 is 0. The topological polar surface area (TPSA) is 35.5 Å². The standard InChI is InChI=1S/C18H38N2O/c1-6-11-19-18(14-21)10-9-17(12-18)20(13-15(4)5)16(7-2)8-3/h15-17,19,21H,6-14H2,1-5H3. The van der Waals surface area contributed by atoms with Crippen LogP contribution >= 0.6 is 0 Å². The van der Waals surface area contributed by atoms with E-state index in [2.05, 4.69) is 44.8 Å². The molecule has 0 radical (unpaired) electrons. The van der Waals surface area contributed by atoms with E-state index in [4.69, 9.17) is 0 Å². The van der Waals surface area contributed by atoms with Crippen LogP contribution in [0.2, 0.25) is 0 Å². The zero-order chi connectivity index (χ0) is 15.9. The Labute approximate surface area is 132 Å². The fraction of sp³-hybridized carbons (Fsp3) is 1.00. The molecule has 1 aliphatic carbocycles. The number of hydrogen-bond acceptors (Lipinski definition) is 3. The molecule has 0 aromatic rings. The number of aliphatic hydroxyl groups excluding tert-OH is 1. The minimum absolute atomic E-state index is 0.0259. The predicted octanol–water partition coefficient (Wildman–Crippen LogP) is 3.42. The fourth-order valence-electron chi connectivity index (χ4n) is 3.91. The van der Waals surface area contributed by atoms with Gasteiger partial charge in [0.15, 0.2) is 0 Å². The predicted molar refractivity (Wildman–Crippen MR) is 91.7 cm³/mol. The van der Waals surface area contributed by atoms with Gasteiger partial charge in [0.2, 0.25) is 0 Å². The highest BCUT2D eigenvalue weighted by Crippen LogP contribution is 2.35. The molecule has 0 saturated heterocycles. The summed E-state index contributed by atoms with van der Waals surface area (Å²) in [6, 6.07) is 1.33. The molecule has 21 heavy (non-hydrogen) atoms. The summed E-state index contributed by atoms with van der Waals surface area (Å²) >= 11 is 0. The Balaban J connectivity index is 2.75. The zero-order valence-corrected chi connectivity index (χ0v) is 15.0. The number of aliphatic hydroxyl groups is 1. The molecule has 2 N–H and O–H groups in total. The van der Waals surface area contributed by atoms with Gasteiger partial charge in [0, 0.05) is 24.2 Å². The third kappa shape index (κ3) is 5.22. The third-order valence-corrected chi connectivity index (χ3v) is 5.09. The smallest absolute Gasteiger partial charge is 0.0613 e. The van der Waals surface area contributed by atoms with E-state index in [0.717, 1.165) is 25.8 Å². The van der Waals surface area contributed by atoms with E-state index in [0.29, 0.717) is 18.0 Å². The second-order valence-electron chi connectivity index (χ2n) is 7.32. The molecule has 0 aliphatic heterocycles. The lowest BCUT2D eigenvalue weighted by atomic mass is 9.97. The monoisotopic (exact) mass is 298 g/mol. The average Bonchev–Trinajstić information content (AvgIpc) is 2.90. The van der Waals surface area contributed by atoms with Crippen molar-refractivity contribution < 1.29 is 5.11 Å². The van der Waals surface area contributed by atoms with Gasteiger partial charge in [-0.15, -0.1) is 0 Å². The Kier molecular flexibility index (Phi) is 8.22. The van der Waals surface area contributed by atoms with E-state index in [1.54, 1.807) is 0 Å². The van der Waals surface area contributed by atoms with Crippen LogP contribution in [0.4, 0.5) is 0 Å². The van der Waals surface area contributed by atoms with Gasteiger partial charge in [-0.05, 0) is 51.0 Å². The maximum atomic E-state index is 9.90. The van der Waals surface area contributed by atoms with Crippen LogP contribution in [0.15, 0.2) is 0 Å². The van der Waals surface area contributed by atoms with Crippen LogP contribution in [-0.2, 0) is 0 Å². The van der Waals surface area contributed by atoms with Crippen LogP contribution in [0.1, 0.15) is 73.1 Å². The van der Waals surface area contributed by atoms with Gasteiger partial charge >= 0.3 is 0 Å². The first-order valence-corrected chi connectivity index (χ1v) is 9.13. The van der Waals surface area contributed by atoms with Crippen LogP contribution in [0, 0.1) is 5.92 Å². The summed E-state index contributed by atoms with van der Waals surface area (Å²) in [6.45, 7) is 13.9. The molecule has 1 aliphatic rings. The molecule has 0 aromatic heterocycles. The van der Waals surface area contributed by atoms with E-state index in [1.807, 2.05) is 0 Å². The van der Waals surface area contributed by atoms with Crippen LogP contribution < -0.4 is 5.32 Å². The molecule has 3 nitrogen and oxygen atoms in total. The lowest BCUT2D eigenvalue weighted by molar-refractivity contribution is 0.0960. The summed E-state index contributed by atoms with van der Waals surface area (Å²) in [4.78, 5) is 2.75. The zero-order valence-electron chi connectivity index (χ0n) is 15.0. The molecule has 2 atom stereocenters. The molecular formula is C18H38N2O. The van der Waals surface area contributed by atoms with Gasteiger partial charge in [0.1, 0.15) is 0 Å². The van der Waals surface area contributed by atoms with Crippen LogP contribution in [0.3, 0.4) is 0 Å². The molecule has 0 bridgehead atoms. The summed E-state index contributed by atoms with van der Waals surface area (Å²) in [7, 11) is 0. The summed E-state index contributed by atoms with van der Waals surface area (Å²) in [5.41, 5.74) is -0.0259. The lowest BCUT2D eigenvalue weighted by Crippen LogP contribution is -2.50. The molecule has 3 heteroatoms. The molecule has 1 saturated carbocycles. The number of rotatable bonds is 10. The molecular weight excluding hydrogens is 260 g/mol. The molecule has 0 spiro atoms. The Morgan fingerprint density at radius 2 is 1.90 bits per heavy atom. The molecule has 0 amide bonds. The van der Waals surface area contributed by atoms with Crippen LogP contribution in [0.25, 0.3) is 0 Å². The van der Waals surface area contributed by atoms with Crippen molar-refractivity contribution in [2.75, 3.05) is 19.7 Å². The second kappa shape index (κ2) is 9.12. The first kappa shape index (κ1) is 18.9. The summed E-state index contributed by atoms with van der Waals surface area (Å²) in [6.07, 6.45) is 7.03. The summed E-state index contributed by atoms with van der Waals surface area (Å²) in [5.74, 6) is 0.707. The normalized spacial score (nSPS) is 26.4. The fourth-order valence-corrected chi connectivity index (χ4v) is 3.91. The lowest BCUT2D eigenvalue weighted by Gasteiger charge is -2.38. The minimum Gasteiger partial charge on any atom is -0.394 e. The van der Waals surface area contributed by atoms with Gasteiger partial charge in [-0.2, -0.15) is 0 Å². The Morgan fingerprint density at radius 1 is 1.24 bits per heavy atom. The molecule has 0 aromatic carbocycles. The van der Waals surface area contributed by atoms with Crippen molar-refractivity contribution in [2.24, 2.45) is 5.92 Å². The van der Waals surface area contributed by atoms with Crippen molar-refractivity contribution in [1.82, 2.24) is 10.2 Å². The Hall–Kier alpha value is -0.120. The maximum absolute atomic E-state index is 9.90. The average molecular weight is 299 g/mol. The van der Waals surface area contributed by atoms with Gasteiger partial charge in [-0.25, -0.2) is 0 Å². The van der Waals surface area contributed by atoms with E-state index in [-0.39, 0.29) is 12.1 Å². The van der Waals surface area contributed by atoms with E-state index >= 15 is 0 Å². The molecule has 0 heterocycles. The van der Waals surface area contributed by atoms with E-state index < -0.39 is 0 Å². The first-order chi connectivity index (χ1) is 10.0. The Morgan fingerprint density at radius 3 is 2.38 bits per heavy atom. The SMILES string of the molecule is CCCNC1(CO)CCC(N(CC(C)C)C(CC)CC)C1. The van der Waals surface area contributed by atoms with Crippen molar-refractivity contribution in [1.29, 1.82) is 0 Å². The third-order valence-electron chi connectivity index (χ3n) is 5.09. The number of nitrogens with zero attached hydrogens (tertiary/aromatic N) is 1. The highest BCUT2D eigenvalue weighted by Gasteiger charge is 2.41. The van der Waals surface area contributed by atoms with Crippen molar-refractivity contribution in [3.05, 3.63) is 0 Å². The highest BCUT2D eigenvalue weighted by molar-refractivity contribution is 5.00. The van der Waals surface area contributed by atoms with Crippen LogP contribution in [0.5, 0.6) is 0 Å². The quantitative estimate of drug-likeness (QED) is 0.649.